The molecule has 0 spiro atoms. The van der Waals surface area contributed by atoms with E-state index in [0.29, 0.717) is 30.4 Å². The van der Waals surface area contributed by atoms with Crippen LogP contribution in [-0.2, 0) is 23.9 Å². The van der Waals surface area contributed by atoms with Crippen molar-refractivity contribution in [2.45, 2.75) is 18.2 Å². The lowest BCUT2D eigenvalue weighted by molar-refractivity contribution is -0.0812. The number of aryl methyl sites for hydroxylation is 1. The maximum absolute atomic E-state index is 9.83. The number of aromatic nitrogens is 3. The Labute approximate surface area is 225 Å². The number of nitrogens with two attached hydrogens (primary N) is 1. The molecule has 2 N–H and O–H groups in total. The van der Waals surface area contributed by atoms with E-state index in [4.69, 9.17) is 24.9 Å². The van der Waals surface area contributed by atoms with Crippen molar-refractivity contribution < 1.29 is 14.2 Å². The molecule has 0 unspecified atom stereocenters. The van der Waals surface area contributed by atoms with E-state index in [2.05, 4.69) is 17.1 Å². The minimum atomic E-state index is -1.06. The fraction of sp³-hybridized carbons (Fsp3) is 0.194. The Balaban J connectivity index is 1.53. The first kappa shape index (κ1) is 23.4. The predicted octanol–water partition coefficient (Wildman–Crippen LogP) is 4.43. The van der Waals surface area contributed by atoms with Crippen LogP contribution in [0.5, 0.6) is 11.6 Å². The van der Waals surface area contributed by atoms with E-state index in [-0.39, 0.29) is 12.7 Å². The van der Waals surface area contributed by atoms with Crippen molar-refractivity contribution in [3.63, 3.8) is 0 Å². The van der Waals surface area contributed by atoms with Gasteiger partial charge in [-0.25, -0.2) is 9.97 Å². The molecule has 6 bridgehead atoms. The summed E-state index contributed by atoms with van der Waals surface area (Å²) in [4.78, 5) is 9.21. The number of pyridine rings is 1. The van der Waals surface area contributed by atoms with Crippen molar-refractivity contribution in [2.75, 3.05) is 13.2 Å². The second kappa shape index (κ2) is 8.95. The first-order chi connectivity index (χ1) is 19.0. The summed E-state index contributed by atoms with van der Waals surface area (Å²) >= 11 is 0. The molecule has 0 aliphatic carbocycles. The molecule has 7 rings (SSSR count). The Morgan fingerprint density at radius 1 is 1.08 bits per heavy atom. The SMILES string of the molecule is Cn1cncc1[C@]1(N)c2ccc(C#N)c(c2)COc2cccc(c2)-c2cc(OC3COC3)nc3ccc1cc23. The molecule has 1 fully saturated rings. The van der Waals surface area contributed by atoms with Gasteiger partial charge in [0.1, 0.15) is 24.0 Å². The standard InChI is InChI=1S/C31H25N5O3/c1-36-18-34-14-29(36)31(33)22-6-5-20(13-32)21(9-22)15-38-24-4-2-3-19(10-24)26-12-30(39-25-16-37-17-25)35-28-8-7-23(31)11-27(26)28/h2-12,14,18,25H,15-17,33H2,1H3/t31-/m0/s1. The van der Waals surface area contributed by atoms with Gasteiger partial charge in [-0.3, -0.25) is 0 Å². The summed E-state index contributed by atoms with van der Waals surface area (Å²) in [5, 5.41) is 10.8. The third-order valence-electron chi connectivity index (χ3n) is 7.58. The average molecular weight is 516 g/mol. The number of fused-ring (bicyclic) bond motifs is 6. The van der Waals surface area contributed by atoms with Gasteiger partial charge < -0.3 is 24.5 Å². The summed E-state index contributed by atoms with van der Waals surface area (Å²) < 4.78 is 19.6. The van der Waals surface area contributed by atoms with Crippen molar-refractivity contribution in [3.8, 4) is 28.8 Å². The minimum Gasteiger partial charge on any atom is -0.489 e. The zero-order chi connectivity index (χ0) is 26.6. The van der Waals surface area contributed by atoms with Crippen LogP contribution >= 0.6 is 0 Å². The van der Waals surface area contributed by atoms with Gasteiger partial charge in [-0.2, -0.15) is 5.26 Å². The zero-order valence-corrected chi connectivity index (χ0v) is 21.3. The van der Waals surface area contributed by atoms with Crippen molar-refractivity contribution in [3.05, 3.63) is 107 Å². The van der Waals surface area contributed by atoms with E-state index >= 15 is 0 Å². The molecular weight excluding hydrogens is 490 g/mol. The Morgan fingerprint density at radius 2 is 1.92 bits per heavy atom. The summed E-state index contributed by atoms with van der Waals surface area (Å²) in [6.45, 7) is 1.34. The summed E-state index contributed by atoms with van der Waals surface area (Å²) in [5.41, 5.74) is 12.9. The molecule has 0 radical (unpaired) electrons. The highest BCUT2D eigenvalue weighted by Gasteiger charge is 2.36. The predicted molar refractivity (Wildman–Crippen MR) is 145 cm³/mol. The molecule has 39 heavy (non-hydrogen) atoms. The average Bonchev–Trinajstić information content (AvgIpc) is 3.38. The van der Waals surface area contributed by atoms with Gasteiger partial charge in [0.25, 0.3) is 0 Å². The molecule has 2 aliphatic heterocycles. The topological polar surface area (TPSA) is 108 Å². The Kier molecular flexibility index (Phi) is 5.37. The second-order valence-corrected chi connectivity index (χ2v) is 10.0. The summed E-state index contributed by atoms with van der Waals surface area (Å²) in [6.07, 6.45) is 3.52. The lowest BCUT2D eigenvalue weighted by atomic mass is 9.79. The number of imidazole rings is 1. The van der Waals surface area contributed by atoms with Gasteiger partial charge in [-0.1, -0.05) is 24.3 Å². The van der Waals surface area contributed by atoms with Gasteiger partial charge in [0, 0.05) is 24.1 Å². The van der Waals surface area contributed by atoms with Crippen LogP contribution in [0.2, 0.25) is 0 Å². The van der Waals surface area contributed by atoms with Gasteiger partial charge >= 0.3 is 0 Å². The molecule has 1 atom stereocenters. The van der Waals surface area contributed by atoms with Gasteiger partial charge in [0.05, 0.1) is 48.6 Å². The number of rotatable bonds is 3. The Bertz CT molecular complexity index is 1790. The largest absolute Gasteiger partial charge is 0.489 e. The van der Waals surface area contributed by atoms with E-state index in [9.17, 15) is 5.26 Å². The molecule has 192 valence electrons. The minimum absolute atomic E-state index is 0.00647. The van der Waals surface area contributed by atoms with Gasteiger partial charge in [-0.05, 0) is 58.7 Å². The van der Waals surface area contributed by atoms with Gasteiger partial charge in [-0.15, -0.1) is 0 Å². The number of nitriles is 1. The second-order valence-electron chi connectivity index (χ2n) is 10.0. The van der Waals surface area contributed by atoms with Crippen LogP contribution < -0.4 is 15.2 Å². The Hall–Kier alpha value is -4.71. The van der Waals surface area contributed by atoms with Crippen LogP contribution in [0.3, 0.4) is 0 Å². The number of nitrogens with zero attached hydrogens (tertiary/aromatic N) is 4. The van der Waals surface area contributed by atoms with Crippen LogP contribution in [0.4, 0.5) is 0 Å². The third-order valence-corrected chi connectivity index (χ3v) is 7.58. The number of hydrogen-bond donors (Lipinski definition) is 1. The fourth-order valence-corrected chi connectivity index (χ4v) is 5.38. The van der Waals surface area contributed by atoms with Gasteiger partial charge in [0.15, 0.2) is 0 Å². The first-order valence-electron chi connectivity index (χ1n) is 12.7. The van der Waals surface area contributed by atoms with Crippen molar-refractivity contribution in [1.29, 1.82) is 5.26 Å². The van der Waals surface area contributed by atoms with E-state index < -0.39 is 5.54 Å². The molecule has 8 heteroatoms. The first-order valence-corrected chi connectivity index (χ1v) is 12.7. The maximum atomic E-state index is 9.83. The number of hydrogen-bond acceptors (Lipinski definition) is 7. The molecule has 1 saturated heterocycles. The summed E-state index contributed by atoms with van der Waals surface area (Å²) in [6, 6.07) is 24.0. The lowest BCUT2D eigenvalue weighted by Crippen LogP contribution is -2.41. The fourth-order valence-electron chi connectivity index (χ4n) is 5.38. The Morgan fingerprint density at radius 3 is 2.69 bits per heavy atom. The van der Waals surface area contributed by atoms with Crippen LogP contribution in [0.15, 0.2) is 79.3 Å². The summed E-state index contributed by atoms with van der Waals surface area (Å²) in [7, 11) is 1.93. The van der Waals surface area contributed by atoms with E-state index in [0.717, 1.165) is 44.4 Å². The highest BCUT2D eigenvalue weighted by atomic mass is 16.6. The lowest BCUT2D eigenvalue weighted by Gasteiger charge is -2.32. The normalized spacial score (nSPS) is 18.3. The maximum Gasteiger partial charge on any atom is 0.214 e. The molecule has 5 aromatic rings. The van der Waals surface area contributed by atoms with E-state index in [1.807, 2.05) is 72.3 Å². The third kappa shape index (κ3) is 3.83. The van der Waals surface area contributed by atoms with Crippen molar-refractivity contribution in [2.24, 2.45) is 12.8 Å². The quantitative estimate of drug-likeness (QED) is 0.379. The van der Waals surface area contributed by atoms with Crippen LogP contribution in [0.25, 0.3) is 22.0 Å². The summed E-state index contributed by atoms with van der Waals surface area (Å²) in [5.74, 6) is 1.24. The number of ether oxygens (including phenoxy) is 3. The molecule has 0 amide bonds. The van der Waals surface area contributed by atoms with Crippen LogP contribution in [0.1, 0.15) is 27.9 Å². The molecule has 2 aliphatic rings. The van der Waals surface area contributed by atoms with Crippen molar-refractivity contribution in [1.82, 2.24) is 14.5 Å². The molecule has 3 aromatic carbocycles. The zero-order valence-electron chi connectivity index (χ0n) is 21.3. The highest BCUT2D eigenvalue weighted by Crippen LogP contribution is 2.40. The van der Waals surface area contributed by atoms with E-state index in [1.54, 1.807) is 12.5 Å². The van der Waals surface area contributed by atoms with Gasteiger partial charge in [0.2, 0.25) is 5.88 Å². The molecule has 8 nitrogen and oxygen atoms in total. The molecule has 0 saturated carbocycles. The monoisotopic (exact) mass is 515 g/mol. The number of benzene rings is 3. The molecule has 4 heterocycles. The van der Waals surface area contributed by atoms with Crippen LogP contribution in [0, 0.1) is 11.3 Å². The smallest absolute Gasteiger partial charge is 0.214 e. The molecular formula is C31H25N5O3. The highest BCUT2D eigenvalue weighted by molar-refractivity contribution is 5.96. The van der Waals surface area contributed by atoms with Crippen molar-refractivity contribution >= 4 is 10.9 Å². The van der Waals surface area contributed by atoms with E-state index in [1.165, 1.54) is 0 Å². The van der Waals surface area contributed by atoms with Crippen LogP contribution in [-0.4, -0.2) is 33.9 Å². The molecule has 2 aromatic heterocycles.